The number of piperidine rings is 3. The van der Waals surface area contributed by atoms with Crippen molar-refractivity contribution in [1.82, 2.24) is 14.7 Å². The zero-order valence-corrected chi connectivity index (χ0v) is 17.6. The molecule has 0 spiro atoms. The highest BCUT2D eigenvalue weighted by molar-refractivity contribution is 6.00. The molecule has 4 atom stereocenters. The Balaban J connectivity index is 1.22. The van der Waals surface area contributed by atoms with Crippen molar-refractivity contribution in [3.05, 3.63) is 47.0 Å². The van der Waals surface area contributed by atoms with Gasteiger partial charge in [0.25, 0.3) is 5.91 Å². The molecule has 5 aliphatic rings. The van der Waals surface area contributed by atoms with Crippen LogP contribution in [-0.4, -0.2) is 64.8 Å². The third-order valence-electron chi connectivity index (χ3n) is 8.20. The molecule has 1 aromatic rings. The molecule has 4 aliphatic heterocycles. The van der Waals surface area contributed by atoms with E-state index in [9.17, 15) is 9.59 Å². The van der Waals surface area contributed by atoms with Crippen LogP contribution in [0.3, 0.4) is 0 Å². The maximum Gasteiger partial charge on any atom is 0.254 e. The number of hydrogen-bond acceptors (Lipinski definition) is 3. The summed E-state index contributed by atoms with van der Waals surface area (Å²) >= 11 is 0. The van der Waals surface area contributed by atoms with Crippen molar-refractivity contribution in [1.29, 1.82) is 0 Å². The standard InChI is InChI=1S/C25H31N3O2/c29-23(16-27-14-18-6-1-2-8-21(18)25(27)30)28-11-5-7-17-12-19-13-20(24(17)28)15-26-10-4-3-9-22(19)26/h1-2,6,8,12,19-20,22,24H,3-5,7,9-11,13-16H2/t19-,20-,22+,24+/m0/s1. The van der Waals surface area contributed by atoms with E-state index in [-0.39, 0.29) is 24.4 Å². The van der Waals surface area contributed by atoms with Crippen molar-refractivity contribution in [2.45, 2.75) is 57.2 Å². The maximum absolute atomic E-state index is 13.4. The zero-order chi connectivity index (χ0) is 20.2. The van der Waals surface area contributed by atoms with Crippen LogP contribution >= 0.6 is 0 Å². The van der Waals surface area contributed by atoms with Gasteiger partial charge in [-0.25, -0.2) is 0 Å². The minimum absolute atomic E-state index is 0.00394. The third-order valence-corrected chi connectivity index (χ3v) is 8.20. The van der Waals surface area contributed by atoms with Crippen molar-refractivity contribution in [3.63, 3.8) is 0 Å². The monoisotopic (exact) mass is 405 g/mol. The van der Waals surface area contributed by atoms with Crippen LogP contribution in [0.1, 0.15) is 54.4 Å². The summed E-state index contributed by atoms with van der Waals surface area (Å²) in [5.74, 6) is 1.37. The predicted molar refractivity (Wildman–Crippen MR) is 115 cm³/mol. The Morgan fingerprint density at radius 1 is 1.10 bits per heavy atom. The summed E-state index contributed by atoms with van der Waals surface area (Å²) in [6.45, 7) is 3.96. The normalized spacial score (nSPS) is 32.9. The fourth-order valence-corrected chi connectivity index (χ4v) is 6.95. The lowest BCUT2D eigenvalue weighted by molar-refractivity contribution is -0.137. The molecule has 4 heterocycles. The van der Waals surface area contributed by atoms with Gasteiger partial charge in [-0.1, -0.05) is 36.3 Å². The summed E-state index contributed by atoms with van der Waals surface area (Å²) in [4.78, 5) is 32.8. The van der Waals surface area contributed by atoms with Gasteiger partial charge in [0.1, 0.15) is 6.54 Å². The maximum atomic E-state index is 13.4. The SMILES string of the molecule is O=C1c2ccccc2CN1CC(=O)N1CCCC2=C[C@H]3C[C@@H](CN4CCCC[C@H]34)[C@@H]21. The summed E-state index contributed by atoms with van der Waals surface area (Å²) in [7, 11) is 0. The van der Waals surface area contributed by atoms with E-state index in [1.165, 1.54) is 37.8 Å². The molecule has 0 saturated carbocycles. The molecule has 2 amide bonds. The number of fused-ring (bicyclic) bond motifs is 7. The zero-order valence-electron chi connectivity index (χ0n) is 17.6. The molecule has 5 heteroatoms. The topological polar surface area (TPSA) is 43.9 Å². The Kier molecular flexibility index (Phi) is 4.48. The van der Waals surface area contributed by atoms with Crippen LogP contribution in [-0.2, 0) is 11.3 Å². The van der Waals surface area contributed by atoms with E-state index in [4.69, 9.17) is 0 Å². The van der Waals surface area contributed by atoms with Gasteiger partial charge < -0.3 is 9.80 Å². The second-order valence-electron chi connectivity index (χ2n) is 9.91. The van der Waals surface area contributed by atoms with Crippen molar-refractivity contribution in [3.8, 4) is 0 Å². The van der Waals surface area contributed by atoms with E-state index < -0.39 is 0 Å². The molecule has 3 saturated heterocycles. The van der Waals surface area contributed by atoms with Gasteiger partial charge in [-0.05, 0) is 62.1 Å². The molecule has 2 bridgehead atoms. The van der Waals surface area contributed by atoms with Crippen LogP contribution in [0.15, 0.2) is 35.9 Å². The van der Waals surface area contributed by atoms with E-state index in [0.717, 1.165) is 43.1 Å². The van der Waals surface area contributed by atoms with Crippen LogP contribution in [0.25, 0.3) is 0 Å². The molecule has 5 nitrogen and oxygen atoms in total. The van der Waals surface area contributed by atoms with Crippen molar-refractivity contribution in [2.75, 3.05) is 26.2 Å². The number of hydrogen-bond donors (Lipinski definition) is 0. The molecule has 0 radical (unpaired) electrons. The number of likely N-dealkylation sites (tertiary alicyclic amines) is 1. The van der Waals surface area contributed by atoms with Crippen LogP contribution in [0.4, 0.5) is 0 Å². The molecular weight excluding hydrogens is 374 g/mol. The Morgan fingerprint density at radius 3 is 2.90 bits per heavy atom. The molecule has 30 heavy (non-hydrogen) atoms. The summed E-state index contributed by atoms with van der Waals surface area (Å²) in [6, 6.07) is 8.73. The molecule has 3 fully saturated rings. The molecule has 1 aliphatic carbocycles. The van der Waals surface area contributed by atoms with E-state index in [1.807, 2.05) is 24.3 Å². The Morgan fingerprint density at radius 2 is 2.00 bits per heavy atom. The van der Waals surface area contributed by atoms with Crippen molar-refractivity contribution in [2.24, 2.45) is 11.8 Å². The van der Waals surface area contributed by atoms with Crippen LogP contribution in [0, 0.1) is 11.8 Å². The summed E-state index contributed by atoms with van der Waals surface area (Å²) < 4.78 is 0. The number of benzene rings is 1. The minimum atomic E-state index is 0.00394. The number of nitrogens with zero attached hydrogens (tertiary/aromatic N) is 3. The molecule has 0 unspecified atom stereocenters. The van der Waals surface area contributed by atoms with Crippen LogP contribution in [0.5, 0.6) is 0 Å². The Bertz CT molecular complexity index is 909. The average molecular weight is 406 g/mol. The van der Waals surface area contributed by atoms with E-state index in [2.05, 4.69) is 15.9 Å². The number of rotatable bonds is 2. The van der Waals surface area contributed by atoms with Crippen LogP contribution < -0.4 is 0 Å². The van der Waals surface area contributed by atoms with Crippen LogP contribution in [0.2, 0.25) is 0 Å². The van der Waals surface area contributed by atoms with Gasteiger partial charge in [0.2, 0.25) is 5.91 Å². The first-order valence-electron chi connectivity index (χ1n) is 11.8. The lowest BCUT2D eigenvalue weighted by Gasteiger charge is -2.54. The van der Waals surface area contributed by atoms with Gasteiger partial charge in [0.05, 0.1) is 6.04 Å². The highest BCUT2D eigenvalue weighted by Crippen LogP contribution is 2.45. The first-order valence-corrected chi connectivity index (χ1v) is 11.8. The fraction of sp³-hybridized carbons (Fsp3) is 0.600. The second-order valence-corrected chi connectivity index (χ2v) is 9.91. The third kappa shape index (κ3) is 2.93. The van der Waals surface area contributed by atoms with Gasteiger partial charge in [0, 0.05) is 31.2 Å². The molecule has 0 aromatic heterocycles. The van der Waals surface area contributed by atoms with Gasteiger partial charge >= 0.3 is 0 Å². The van der Waals surface area contributed by atoms with E-state index in [1.54, 1.807) is 4.90 Å². The summed E-state index contributed by atoms with van der Waals surface area (Å²) in [5, 5.41) is 0. The van der Waals surface area contributed by atoms with E-state index in [0.29, 0.717) is 18.4 Å². The predicted octanol–water partition coefficient (Wildman–Crippen LogP) is 3.06. The minimum Gasteiger partial charge on any atom is -0.334 e. The lowest BCUT2D eigenvalue weighted by Crippen LogP contribution is -2.60. The number of carbonyl (C=O) groups excluding carboxylic acids is 2. The Hall–Kier alpha value is -2.14. The number of carbonyl (C=O) groups is 2. The molecule has 1 aromatic carbocycles. The summed E-state index contributed by atoms with van der Waals surface area (Å²) in [5.41, 5.74) is 3.31. The Labute approximate surface area is 178 Å². The lowest BCUT2D eigenvalue weighted by atomic mass is 9.68. The van der Waals surface area contributed by atoms with Gasteiger partial charge in [-0.3, -0.25) is 14.5 Å². The smallest absolute Gasteiger partial charge is 0.254 e. The first-order chi connectivity index (χ1) is 14.7. The number of amides is 2. The largest absolute Gasteiger partial charge is 0.334 e. The highest BCUT2D eigenvalue weighted by atomic mass is 16.2. The van der Waals surface area contributed by atoms with Gasteiger partial charge in [0.15, 0.2) is 0 Å². The molecular formula is C25H31N3O2. The molecule has 0 N–H and O–H groups in total. The van der Waals surface area contributed by atoms with E-state index >= 15 is 0 Å². The fourth-order valence-electron chi connectivity index (χ4n) is 6.95. The average Bonchev–Trinajstić information content (AvgIpc) is 3.09. The van der Waals surface area contributed by atoms with Crippen molar-refractivity contribution >= 4 is 11.8 Å². The quantitative estimate of drug-likeness (QED) is 0.711. The summed E-state index contributed by atoms with van der Waals surface area (Å²) in [6.07, 6.45) is 10.0. The highest BCUT2D eigenvalue weighted by Gasteiger charge is 2.47. The second kappa shape index (κ2) is 7.23. The molecule has 158 valence electrons. The molecule has 6 rings (SSSR count). The van der Waals surface area contributed by atoms with Crippen molar-refractivity contribution < 1.29 is 9.59 Å². The first kappa shape index (κ1) is 18.6. The van der Waals surface area contributed by atoms with Gasteiger partial charge in [-0.2, -0.15) is 0 Å². The van der Waals surface area contributed by atoms with Gasteiger partial charge in [-0.15, -0.1) is 0 Å².